The lowest BCUT2D eigenvalue weighted by Crippen LogP contribution is -2.32. The van der Waals surface area contributed by atoms with Gasteiger partial charge in [-0.1, -0.05) is 72.8 Å². The highest BCUT2D eigenvalue weighted by molar-refractivity contribution is 6.38. The molecule has 1 unspecified atom stereocenters. The van der Waals surface area contributed by atoms with Crippen LogP contribution >= 0.6 is 12.4 Å². The van der Waals surface area contributed by atoms with Crippen LogP contribution in [0.25, 0.3) is 22.2 Å². The lowest BCUT2D eigenvalue weighted by Gasteiger charge is -2.28. The van der Waals surface area contributed by atoms with Gasteiger partial charge in [0.05, 0.1) is 73.4 Å². The van der Waals surface area contributed by atoms with E-state index in [1.54, 1.807) is 54.5 Å². The molecule has 1 amide bonds. The molecule has 10 aromatic rings. The molecule has 0 bridgehead atoms. The van der Waals surface area contributed by atoms with E-state index in [1.807, 2.05) is 103 Å². The summed E-state index contributed by atoms with van der Waals surface area (Å²) in [5, 5.41) is 0. The van der Waals surface area contributed by atoms with E-state index < -0.39 is 41.5 Å². The van der Waals surface area contributed by atoms with Crippen molar-refractivity contribution in [3.05, 3.63) is 237 Å². The second-order valence-corrected chi connectivity index (χ2v) is 17.2. The van der Waals surface area contributed by atoms with Crippen molar-refractivity contribution < 1.29 is 55.9 Å². The Morgan fingerprint density at radius 2 is 1.28 bits per heavy atom. The Balaban J connectivity index is 0.000000167. The van der Waals surface area contributed by atoms with Gasteiger partial charge in [0.1, 0.15) is 41.8 Å². The number of aromatic nitrogens is 4. The third-order valence-corrected chi connectivity index (χ3v) is 11.9. The minimum absolute atomic E-state index is 0. The molecule has 4 aromatic heterocycles. The van der Waals surface area contributed by atoms with Crippen molar-refractivity contribution in [3.63, 3.8) is 0 Å². The number of hydrogen-bond donors (Lipinski definition) is 3. The number of esters is 1. The van der Waals surface area contributed by atoms with Gasteiger partial charge in [0.15, 0.2) is 16.9 Å². The molecule has 4 N–H and O–H groups in total. The molecule has 1 atom stereocenters. The fraction of sp³-hybridized carbons (Fsp3) is 0.119. The van der Waals surface area contributed by atoms with Crippen LogP contribution in [0.3, 0.4) is 0 Å². The molecule has 6 aromatic carbocycles. The molecule has 0 saturated carbocycles. The first-order valence-corrected chi connectivity index (χ1v) is 24.6. The smallest absolute Gasteiger partial charge is 0.417 e. The number of nitrogens with one attached hydrogen (secondary N) is 2. The van der Waals surface area contributed by atoms with E-state index in [9.17, 15) is 33.6 Å². The number of rotatable bonds is 15. The maximum Gasteiger partial charge on any atom is 0.417 e. The summed E-state index contributed by atoms with van der Waals surface area (Å²) in [5.41, 5.74) is 10.7. The number of hydrogen-bond acceptors (Lipinski definition) is 18. The first-order valence-electron chi connectivity index (χ1n) is 24.6. The number of ether oxygens (including phenoxy) is 3. The van der Waals surface area contributed by atoms with Gasteiger partial charge in [-0.15, -0.1) is 12.4 Å². The highest BCUT2D eigenvalue weighted by atomic mass is 35.5. The summed E-state index contributed by atoms with van der Waals surface area (Å²) < 4.78 is 36.7. The van der Waals surface area contributed by atoms with Gasteiger partial charge in [-0.2, -0.15) is 0 Å². The van der Waals surface area contributed by atoms with E-state index in [2.05, 4.69) is 24.7 Å². The Morgan fingerprint density at radius 3 is 1.89 bits per heavy atom. The summed E-state index contributed by atoms with van der Waals surface area (Å²) in [6.45, 7) is 2.41. The molecule has 81 heavy (non-hydrogen) atoms. The average Bonchev–Trinajstić information content (AvgIpc) is 4.53. The van der Waals surface area contributed by atoms with Gasteiger partial charge >= 0.3 is 17.5 Å². The van der Waals surface area contributed by atoms with Gasteiger partial charge in [0.25, 0.3) is 5.91 Å². The van der Waals surface area contributed by atoms with Crippen LogP contribution in [-0.2, 0) is 32.2 Å². The molecule has 0 radical (unpaired) electrons. The molecule has 12 rings (SSSR count). The van der Waals surface area contributed by atoms with Crippen LogP contribution < -0.4 is 26.7 Å². The number of fused-ring (bicyclic) bond motifs is 2. The quantitative estimate of drug-likeness (QED) is 0.0283. The Labute approximate surface area is 465 Å². The minimum atomic E-state index is -1.05. The maximum atomic E-state index is 13.7. The number of oxazole rings is 4. The van der Waals surface area contributed by atoms with Crippen LogP contribution in [0.5, 0.6) is 23.0 Å². The Bertz CT molecular complexity index is 4000. The number of aromatic amines is 2. The lowest BCUT2D eigenvalue weighted by atomic mass is 9.91. The molecule has 0 spiro atoms. The van der Waals surface area contributed by atoms with Crippen molar-refractivity contribution in [3.8, 4) is 23.0 Å². The number of benzene rings is 6. The third kappa shape index (κ3) is 13.8. The lowest BCUT2D eigenvalue weighted by molar-refractivity contribution is -0.153. The summed E-state index contributed by atoms with van der Waals surface area (Å²) in [7, 11) is 0. The third-order valence-electron chi connectivity index (χ3n) is 11.9. The van der Waals surface area contributed by atoms with Crippen LogP contribution in [0.4, 0.5) is 0 Å². The zero-order chi connectivity index (χ0) is 56.0. The summed E-state index contributed by atoms with van der Waals surface area (Å²) in [5.74, 6) is -0.189. The molecule has 0 aliphatic carbocycles. The van der Waals surface area contributed by atoms with E-state index in [4.69, 9.17) is 37.9 Å². The molecule has 22 heteroatoms. The average molecular weight is 1110 g/mol. The largest absolute Gasteiger partial charge is 0.460 e. The molecule has 21 nitrogen and oxygen atoms in total. The van der Waals surface area contributed by atoms with Crippen molar-refractivity contribution in [1.29, 1.82) is 0 Å². The van der Waals surface area contributed by atoms with E-state index in [1.165, 1.54) is 24.7 Å². The zero-order valence-corrected chi connectivity index (χ0v) is 43.7. The van der Waals surface area contributed by atoms with Crippen LogP contribution in [0.15, 0.2) is 214 Å². The topological polar surface area (TPSA) is 299 Å². The van der Waals surface area contributed by atoms with Gasteiger partial charge in [-0.05, 0) is 85.3 Å². The number of halogens is 1. The number of H-pyrrole nitrogens is 2. The van der Waals surface area contributed by atoms with Crippen molar-refractivity contribution in [2.24, 2.45) is 10.7 Å². The number of carbonyl (C=O) groups excluding carboxylic acids is 5. The fourth-order valence-corrected chi connectivity index (χ4v) is 8.49. The molecule has 6 heterocycles. The number of para-hydroxylation sites is 4. The zero-order valence-electron chi connectivity index (χ0n) is 42.8. The molecular formula is C59H48ClN7O14. The number of ketones is 2. The Hall–Kier alpha value is -10.5. The van der Waals surface area contributed by atoms with Gasteiger partial charge in [0, 0.05) is 22.3 Å². The predicted molar refractivity (Wildman–Crippen MR) is 295 cm³/mol. The second kappa shape index (κ2) is 26.7. The summed E-state index contributed by atoms with van der Waals surface area (Å²) in [6, 6.07) is 43.2. The van der Waals surface area contributed by atoms with E-state index in [-0.39, 0.29) is 49.2 Å². The van der Waals surface area contributed by atoms with Gasteiger partial charge in [-0.25, -0.2) is 24.4 Å². The second-order valence-electron chi connectivity index (χ2n) is 17.2. The molecular weight excluding hydrogens is 1070 g/mol. The number of nitrogens with zero attached hydrogens (tertiary/aromatic N) is 4. The van der Waals surface area contributed by atoms with Crippen molar-refractivity contribution in [1.82, 2.24) is 24.8 Å². The number of nitrogens with two attached hydrogens (primary N) is 1. The number of carbonyl (C=O) groups is 5. The minimum Gasteiger partial charge on any atom is -0.460 e. The molecule has 0 fully saturated rings. The number of aldehydes is 1. The summed E-state index contributed by atoms with van der Waals surface area (Å²) in [6.07, 6.45) is 6.29. The van der Waals surface area contributed by atoms with Crippen molar-refractivity contribution in [2.75, 3.05) is 13.2 Å². The number of aliphatic imine (C=N–C) groups is 1. The van der Waals surface area contributed by atoms with Crippen LogP contribution in [0.2, 0.25) is 0 Å². The van der Waals surface area contributed by atoms with Crippen molar-refractivity contribution >= 4 is 70.0 Å². The molecule has 2 aliphatic heterocycles. The SMILES string of the molecule is CCOC(=O)C(=O)CC(=O)c1cccc2[nH]c(=O)oc12.Cl.NCc1ncco1.O=C1C2=C(C(c3cccc4[nH]c(=O)oc34)=NC2)C(c2cccc(Oc3ccccc3)c2)N1Cc1ncco1.O=Cc1cccc(Oc2ccccc2)c1. The Kier molecular flexibility index (Phi) is 18.7. The fourth-order valence-electron chi connectivity index (χ4n) is 8.49. The number of amides is 1. The van der Waals surface area contributed by atoms with Gasteiger partial charge in [-0.3, -0.25) is 34.1 Å². The van der Waals surface area contributed by atoms with Crippen molar-refractivity contribution in [2.45, 2.75) is 32.5 Å². The first kappa shape index (κ1) is 56.7. The van der Waals surface area contributed by atoms with Crippen LogP contribution in [0.1, 0.15) is 63.0 Å². The normalized spacial score (nSPS) is 13.1. The number of Topliss-reactive ketones (excluding diaryl/α,β-unsaturated/α-hetero) is 2. The van der Waals surface area contributed by atoms with Crippen LogP contribution in [0, 0.1) is 0 Å². The predicted octanol–water partition coefficient (Wildman–Crippen LogP) is 9.46. The maximum absolute atomic E-state index is 13.7. The Morgan fingerprint density at radius 1 is 0.704 bits per heavy atom. The van der Waals surface area contributed by atoms with Gasteiger partial charge in [0.2, 0.25) is 17.6 Å². The molecule has 410 valence electrons. The van der Waals surface area contributed by atoms with E-state index in [0.29, 0.717) is 74.6 Å². The van der Waals surface area contributed by atoms with Gasteiger partial charge < -0.3 is 42.5 Å². The van der Waals surface area contributed by atoms with E-state index in [0.717, 1.165) is 23.2 Å². The molecule has 0 saturated heterocycles. The molecule has 2 aliphatic rings. The first-order chi connectivity index (χ1) is 39.0. The highest BCUT2D eigenvalue weighted by Gasteiger charge is 2.45. The summed E-state index contributed by atoms with van der Waals surface area (Å²) >= 11 is 0. The monoisotopic (exact) mass is 1110 g/mol. The summed E-state index contributed by atoms with van der Waals surface area (Å²) in [4.78, 5) is 102. The van der Waals surface area contributed by atoms with Crippen LogP contribution in [-0.4, -0.2) is 73.4 Å². The standard InChI is InChI=1S/C29H20N4O5.C13H11NO6.C13H10O2.C4H6N2O.ClH/c34-28-21-15-31-25(20-10-5-11-22-27(20)38-29(35)32-22)24(21)26(33(28)16-23-30-12-13-36-23)17-6-4-9-19(14-17)37-18-7-2-1-3-8-18;1-2-19-12(17)10(16)6-9(15)7-4-3-5-8-11(7)20-13(18)14-8;14-10-11-5-4-8-13(9-11)15-12-6-2-1-3-7-12;5-3-4-6-1-2-7-4;/h1-14,26H,15-16H2,(H,32,35);3-5H,2,6H2,1H3,(H,14,18);1-10H;1-2H,3,5H2;1H. The highest BCUT2D eigenvalue weighted by Crippen LogP contribution is 2.45. The van der Waals surface area contributed by atoms with E-state index >= 15 is 0 Å².